The summed E-state index contributed by atoms with van der Waals surface area (Å²) in [4.78, 5) is 2.10. The molecule has 1 saturated heterocycles. The fourth-order valence-electron chi connectivity index (χ4n) is 3.02. The fourth-order valence-corrected chi connectivity index (χ4v) is 4.52. The molecule has 0 saturated carbocycles. The second-order valence-electron chi connectivity index (χ2n) is 6.15. The van der Waals surface area contributed by atoms with Crippen molar-refractivity contribution in [1.29, 1.82) is 0 Å². The van der Waals surface area contributed by atoms with Crippen LogP contribution in [0.15, 0.2) is 48.5 Å². The monoisotopic (exact) mass is 346 g/mol. The van der Waals surface area contributed by atoms with Gasteiger partial charge >= 0.3 is 0 Å². The van der Waals surface area contributed by atoms with Crippen LogP contribution in [0.1, 0.15) is 11.1 Å². The van der Waals surface area contributed by atoms with Crippen molar-refractivity contribution >= 4 is 15.7 Å². The Balaban J connectivity index is 1.65. The van der Waals surface area contributed by atoms with Gasteiger partial charge in [0.15, 0.2) is 0 Å². The summed E-state index contributed by atoms with van der Waals surface area (Å²) in [7, 11) is -3.31. The van der Waals surface area contributed by atoms with Crippen LogP contribution in [0.5, 0.6) is 5.75 Å². The van der Waals surface area contributed by atoms with Crippen molar-refractivity contribution in [2.24, 2.45) is 0 Å². The molecule has 1 fully saturated rings. The summed E-state index contributed by atoms with van der Waals surface area (Å²) in [6, 6.07) is 14.7. The van der Waals surface area contributed by atoms with Crippen molar-refractivity contribution in [1.82, 2.24) is 4.31 Å². The fraction of sp³-hybridized carbons (Fsp3) is 0.333. The zero-order chi connectivity index (χ0) is 17.2. The van der Waals surface area contributed by atoms with Gasteiger partial charge in [0.05, 0.1) is 5.75 Å². The van der Waals surface area contributed by atoms with Crippen LogP contribution in [0, 0.1) is 6.92 Å². The first-order valence-corrected chi connectivity index (χ1v) is 9.62. The molecule has 1 heterocycles. The number of benzene rings is 2. The molecule has 1 aliphatic heterocycles. The molecule has 0 spiro atoms. The Hall–Kier alpha value is -2.05. The maximum atomic E-state index is 12.6. The average Bonchev–Trinajstić information content (AvgIpc) is 2.54. The summed E-state index contributed by atoms with van der Waals surface area (Å²) in [5, 5.41) is 9.58. The first kappa shape index (κ1) is 16.8. The largest absolute Gasteiger partial charge is 0.508 e. The van der Waals surface area contributed by atoms with E-state index in [-0.39, 0.29) is 11.5 Å². The highest BCUT2D eigenvalue weighted by Gasteiger charge is 2.27. The normalized spacial score (nSPS) is 16.3. The lowest BCUT2D eigenvalue weighted by Crippen LogP contribution is -2.49. The molecule has 1 N–H and O–H groups in total. The first-order valence-electron chi connectivity index (χ1n) is 8.01. The van der Waals surface area contributed by atoms with Gasteiger partial charge in [0.25, 0.3) is 0 Å². The summed E-state index contributed by atoms with van der Waals surface area (Å²) in [6.07, 6.45) is 0. The lowest BCUT2D eigenvalue weighted by molar-refractivity contribution is 0.384. The first-order chi connectivity index (χ1) is 11.4. The molecular formula is C18H22N2O3S. The summed E-state index contributed by atoms with van der Waals surface area (Å²) >= 11 is 0. The number of rotatable bonds is 4. The van der Waals surface area contributed by atoms with Gasteiger partial charge in [-0.3, -0.25) is 0 Å². The standard InChI is InChI=1S/C18H22N2O3S/c1-15-4-2-5-16(12-15)14-24(22,23)20-10-8-19(9-11-20)17-6-3-7-18(21)13-17/h2-7,12-13,21H,8-11,14H2,1H3. The van der Waals surface area contributed by atoms with Crippen molar-refractivity contribution in [3.05, 3.63) is 59.7 Å². The molecule has 0 atom stereocenters. The molecule has 24 heavy (non-hydrogen) atoms. The van der Waals surface area contributed by atoms with Gasteiger partial charge < -0.3 is 10.0 Å². The molecule has 0 aromatic heterocycles. The molecule has 0 aliphatic carbocycles. The van der Waals surface area contributed by atoms with Crippen molar-refractivity contribution in [3.63, 3.8) is 0 Å². The third-order valence-electron chi connectivity index (χ3n) is 4.26. The van der Waals surface area contributed by atoms with E-state index in [2.05, 4.69) is 4.90 Å². The van der Waals surface area contributed by atoms with Crippen LogP contribution in [0.3, 0.4) is 0 Å². The van der Waals surface area contributed by atoms with E-state index in [1.807, 2.05) is 37.3 Å². The third kappa shape index (κ3) is 3.88. The predicted molar refractivity (Wildman–Crippen MR) is 95.7 cm³/mol. The average molecular weight is 346 g/mol. The van der Waals surface area contributed by atoms with Crippen LogP contribution < -0.4 is 4.90 Å². The number of aryl methyl sites for hydroxylation is 1. The van der Waals surface area contributed by atoms with Gasteiger partial charge in [0, 0.05) is 37.9 Å². The number of aromatic hydroxyl groups is 1. The number of sulfonamides is 1. The minimum absolute atomic E-state index is 0.0425. The zero-order valence-electron chi connectivity index (χ0n) is 13.7. The maximum absolute atomic E-state index is 12.6. The number of anilines is 1. The molecule has 0 bridgehead atoms. The molecule has 0 unspecified atom stereocenters. The van der Waals surface area contributed by atoms with Gasteiger partial charge in [-0.15, -0.1) is 0 Å². The van der Waals surface area contributed by atoms with E-state index in [9.17, 15) is 13.5 Å². The summed E-state index contributed by atoms with van der Waals surface area (Å²) in [5.41, 5.74) is 2.81. The molecule has 0 amide bonds. The molecule has 2 aromatic rings. The Morgan fingerprint density at radius 1 is 1.00 bits per heavy atom. The van der Waals surface area contributed by atoms with Gasteiger partial charge in [-0.2, -0.15) is 4.31 Å². The predicted octanol–water partition coefficient (Wildman–Crippen LogP) is 2.35. The van der Waals surface area contributed by atoms with Crippen LogP contribution in [0.4, 0.5) is 5.69 Å². The van der Waals surface area contributed by atoms with Gasteiger partial charge in [-0.05, 0) is 24.6 Å². The summed E-state index contributed by atoms with van der Waals surface area (Å²) in [5.74, 6) is 0.267. The van der Waals surface area contributed by atoms with Crippen molar-refractivity contribution in [2.45, 2.75) is 12.7 Å². The van der Waals surface area contributed by atoms with E-state index in [4.69, 9.17) is 0 Å². The lowest BCUT2D eigenvalue weighted by Gasteiger charge is -2.35. The minimum Gasteiger partial charge on any atom is -0.508 e. The minimum atomic E-state index is -3.31. The molecular weight excluding hydrogens is 324 g/mol. The lowest BCUT2D eigenvalue weighted by atomic mass is 10.2. The highest BCUT2D eigenvalue weighted by molar-refractivity contribution is 7.88. The number of piperazine rings is 1. The van der Waals surface area contributed by atoms with Crippen molar-refractivity contribution in [3.8, 4) is 5.75 Å². The highest BCUT2D eigenvalue weighted by atomic mass is 32.2. The van der Waals surface area contributed by atoms with E-state index in [0.717, 1.165) is 16.8 Å². The molecule has 1 aliphatic rings. The van der Waals surface area contributed by atoms with Crippen molar-refractivity contribution < 1.29 is 13.5 Å². The van der Waals surface area contributed by atoms with Gasteiger partial charge in [0.2, 0.25) is 10.0 Å². The smallest absolute Gasteiger partial charge is 0.218 e. The molecule has 128 valence electrons. The quantitative estimate of drug-likeness (QED) is 0.923. The van der Waals surface area contributed by atoms with E-state index >= 15 is 0 Å². The molecule has 3 rings (SSSR count). The second-order valence-corrected chi connectivity index (χ2v) is 8.12. The second kappa shape index (κ2) is 6.83. The topological polar surface area (TPSA) is 60.9 Å². The Kier molecular flexibility index (Phi) is 4.78. The van der Waals surface area contributed by atoms with Gasteiger partial charge in [0.1, 0.15) is 5.75 Å². The Morgan fingerprint density at radius 3 is 2.38 bits per heavy atom. The van der Waals surface area contributed by atoms with Gasteiger partial charge in [-0.1, -0.05) is 35.9 Å². The van der Waals surface area contributed by atoms with Crippen LogP contribution in [0.25, 0.3) is 0 Å². The van der Waals surface area contributed by atoms with Gasteiger partial charge in [-0.25, -0.2) is 8.42 Å². The number of phenolic OH excluding ortho intramolecular Hbond substituents is 1. The maximum Gasteiger partial charge on any atom is 0.218 e. The van der Waals surface area contributed by atoms with Crippen LogP contribution in [0.2, 0.25) is 0 Å². The summed E-state index contributed by atoms with van der Waals surface area (Å²) < 4.78 is 26.8. The number of hydrogen-bond donors (Lipinski definition) is 1. The number of phenols is 1. The summed E-state index contributed by atoms with van der Waals surface area (Å²) in [6.45, 7) is 4.13. The number of nitrogens with zero attached hydrogens (tertiary/aromatic N) is 2. The van der Waals surface area contributed by atoms with E-state index in [1.54, 1.807) is 22.5 Å². The molecule has 2 aromatic carbocycles. The van der Waals surface area contributed by atoms with E-state index in [1.165, 1.54) is 0 Å². The zero-order valence-corrected chi connectivity index (χ0v) is 14.5. The Bertz CT molecular complexity index is 813. The van der Waals surface area contributed by atoms with Crippen LogP contribution >= 0.6 is 0 Å². The van der Waals surface area contributed by atoms with Crippen LogP contribution in [-0.2, 0) is 15.8 Å². The molecule has 6 heteroatoms. The van der Waals surface area contributed by atoms with Crippen molar-refractivity contribution in [2.75, 3.05) is 31.1 Å². The SMILES string of the molecule is Cc1cccc(CS(=O)(=O)N2CCN(c3cccc(O)c3)CC2)c1. The molecule has 0 radical (unpaired) electrons. The van der Waals surface area contributed by atoms with E-state index in [0.29, 0.717) is 26.2 Å². The van der Waals surface area contributed by atoms with Crippen LogP contribution in [-0.4, -0.2) is 44.0 Å². The molecule has 5 nitrogen and oxygen atoms in total. The third-order valence-corrected chi connectivity index (χ3v) is 6.11. The highest BCUT2D eigenvalue weighted by Crippen LogP contribution is 2.22. The Morgan fingerprint density at radius 2 is 1.71 bits per heavy atom. The number of hydrogen-bond acceptors (Lipinski definition) is 4. The van der Waals surface area contributed by atoms with E-state index < -0.39 is 10.0 Å². The Labute approximate surface area is 143 Å².